The molecule has 5 heteroatoms. The summed E-state index contributed by atoms with van der Waals surface area (Å²) < 4.78 is 4.35. The normalized spacial score (nSPS) is 18.8. The smallest absolute Gasteiger partial charge is 0.111 e. The van der Waals surface area contributed by atoms with Crippen molar-refractivity contribution in [2.75, 3.05) is 13.1 Å². The van der Waals surface area contributed by atoms with Crippen LogP contribution in [0.2, 0.25) is 0 Å². The van der Waals surface area contributed by atoms with E-state index in [-0.39, 0.29) is 0 Å². The largest absolute Gasteiger partial charge is 0.334 e. The van der Waals surface area contributed by atoms with Gasteiger partial charge in [0.05, 0.1) is 5.69 Å². The molecule has 1 aliphatic carbocycles. The van der Waals surface area contributed by atoms with Crippen molar-refractivity contribution < 1.29 is 0 Å². The Morgan fingerprint density at radius 3 is 2.63 bits per heavy atom. The van der Waals surface area contributed by atoms with E-state index < -0.39 is 0 Å². The van der Waals surface area contributed by atoms with Gasteiger partial charge in [-0.3, -0.25) is 4.90 Å². The molecule has 1 aromatic carbocycles. The molecule has 27 heavy (non-hydrogen) atoms. The predicted octanol–water partition coefficient (Wildman–Crippen LogP) is 3.86. The summed E-state index contributed by atoms with van der Waals surface area (Å²) in [6.45, 7) is 4.48. The van der Waals surface area contributed by atoms with Crippen LogP contribution in [0.4, 0.5) is 0 Å². The molecule has 0 bridgehead atoms. The lowest BCUT2D eigenvalue weighted by Gasteiger charge is -2.32. The number of aromatic nitrogens is 4. The lowest BCUT2D eigenvalue weighted by molar-refractivity contribution is 0.200. The van der Waals surface area contributed by atoms with Crippen LogP contribution in [0, 0.1) is 5.92 Å². The van der Waals surface area contributed by atoms with Gasteiger partial charge in [0, 0.05) is 43.8 Å². The van der Waals surface area contributed by atoms with Crippen molar-refractivity contribution in [2.45, 2.75) is 44.7 Å². The van der Waals surface area contributed by atoms with Gasteiger partial charge in [-0.25, -0.2) is 9.67 Å². The zero-order chi connectivity index (χ0) is 18.1. The maximum atomic E-state index is 4.70. The van der Waals surface area contributed by atoms with Crippen LogP contribution in [0.5, 0.6) is 0 Å². The third-order valence-electron chi connectivity index (χ3n) is 5.94. The van der Waals surface area contributed by atoms with Crippen molar-refractivity contribution >= 4 is 0 Å². The molecule has 2 fully saturated rings. The van der Waals surface area contributed by atoms with Crippen LogP contribution < -0.4 is 0 Å². The van der Waals surface area contributed by atoms with Gasteiger partial charge in [-0.15, -0.1) is 0 Å². The minimum Gasteiger partial charge on any atom is -0.334 e. The third-order valence-corrected chi connectivity index (χ3v) is 5.94. The fraction of sp³-hybridized carbons (Fsp3) is 0.455. The van der Waals surface area contributed by atoms with Crippen molar-refractivity contribution in [1.29, 1.82) is 0 Å². The van der Waals surface area contributed by atoms with Crippen LogP contribution in [0.3, 0.4) is 0 Å². The number of hydrogen-bond donors (Lipinski definition) is 0. The fourth-order valence-electron chi connectivity index (χ4n) is 4.24. The first-order valence-corrected chi connectivity index (χ1v) is 10.2. The average molecular weight is 361 g/mol. The molecule has 0 amide bonds. The Morgan fingerprint density at radius 1 is 0.963 bits per heavy atom. The van der Waals surface area contributed by atoms with E-state index in [0.29, 0.717) is 5.92 Å². The lowest BCUT2D eigenvalue weighted by atomic mass is 9.95. The van der Waals surface area contributed by atoms with E-state index in [0.717, 1.165) is 31.2 Å². The van der Waals surface area contributed by atoms with Crippen LogP contribution in [0.1, 0.15) is 43.0 Å². The number of piperidine rings is 1. The summed E-state index contributed by atoms with van der Waals surface area (Å²) >= 11 is 0. The van der Waals surface area contributed by atoms with Gasteiger partial charge in [0.25, 0.3) is 0 Å². The average Bonchev–Trinajstić information content (AvgIpc) is 3.16. The quantitative estimate of drug-likeness (QED) is 0.669. The number of likely N-dealkylation sites (tertiary alicyclic amines) is 1. The SMILES string of the molecule is c1cc(CN2CCC(c3nccn3CC3CC3)CC2)cc(-n2cccn2)c1. The second-order valence-corrected chi connectivity index (χ2v) is 8.05. The Labute approximate surface area is 160 Å². The monoisotopic (exact) mass is 361 g/mol. The van der Waals surface area contributed by atoms with Gasteiger partial charge >= 0.3 is 0 Å². The van der Waals surface area contributed by atoms with Gasteiger partial charge in [0.15, 0.2) is 0 Å². The van der Waals surface area contributed by atoms with Crippen molar-refractivity contribution in [3.63, 3.8) is 0 Å². The Morgan fingerprint density at radius 2 is 1.85 bits per heavy atom. The molecule has 2 aliphatic rings. The molecule has 3 aromatic rings. The molecule has 5 nitrogen and oxygen atoms in total. The summed E-state index contributed by atoms with van der Waals surface area (Å²) in [6.07, 6.45) is 13.2. The molecule has 1 aliphatic heterocycles. The molecule has 1 saturated heterocycles. The van der Waals surface area contributed by atoms with Gasteiger partial charge in [-0.1, -0.05) is 12.1 Å². The maximum absolute atomic E-state index is 4.70. The number of nitrogens with zero attached hydrogens (tertiary/aromatic N) is 5. The molecule has 0 N–H and O–H groups in total. The summed E-state index contributed by atoms with van der Waals surface area (Å²) in [5, 5.41) is 4.34. The summed E-state index contributed by atoms with van der Waals surface area (Å²) in [4.78, 5) is 7.28. The molecule has 0 spiro atoms. The van der Waals surface area contributed by atoms with E-state index in [1.807, 2.05) is 29.3 Å². The second kappa shape index (κ2) is 7.31. The molecule has 0 atom stereocenters. The van der Waals surface area contributed by atoms with Crippen LogP contribution in [0.25, 0.3) is 5.69 Å². The van der Waals surface area contributed by atoms with E-state index in [2.05, 4.69) is 45.0 Å². The highest BCUT2D eigenvalue weighted by Crippen LogP contribution is 2.33. The van der Waals surface area contributed by atoms with Gasteiger partial charge in [0.2, 0.25) is 0 Å². The van der Waals surface area contributed by atoms with Gasteiger partial charge < -0.3 is 4.57 Å². The summed E-state index contributed by atoms with van der Waals surface area (Å²) in [5.74, 6) is 2.84. The van der Waals surface area contributed by atoms with Gasteiger partial charge in [0.1, 0.15) is 5.82 Å². The maximum Gasteiger partial charge on any atom is 0.111 e. The minimum absolute atomic E-state index is 0.616. The highest BCUT2D eigenvalue weighted by molar-refractivity contribution is 5.35. The number of rotatable bonds is 6. The highest BCUT2D eigenvalue weighted by atomic mass is 15.3. The molecule has 2 aromatic heterocycles. The number of hydrogen-bond acceptors (Lipinski definition) is 3. The predicted molar refractivity (Wildman–Crippen MR) is 106 cm³/mol. The van der Waals surface area contributed by atoms with E-state index >= 15 is 0 Å². The van der Waals surface area contributed by atoms with Gasteiger partial charge in [-0.05, 0) is 68.5 Å². The fourth-order valence-corrected chi connectivity index (χ4v) is 4.24. The van der Waals surface area contributed by atoms with Crippen molar-refractivity contribution in [2.24, 2.45) is 5.92 Å². The Bertz CT molecular complexity index is 870. The first kappa shape index (κ1) is 16.8. The van der Waals surface area contributed by atoms with Crippen LogP contribution in [-0.2, 0) is 13.1 Å². The van der Waals surface area contributed by atoms with Crippen LogP contribution in [-0.4, -0.2) is 37.3 Å². The number of imidazole rings is 1. The molecule has 0 radical (unpaired) electrons. The van der Waals surface area contributed by atoms with Crippen molar-refractivity contribution in [3.05, 3.63) is 66.5 Å². The van der Waals surface area contributed by atoms with Crippen LogP contribution in [0.15, 0.2) is 55.1 Å². The summed E-state index contributed by atoms with van der Waals surface area (Å²) in [5.41, 5.74) is 2.49. The molecule has 1 saturated carbocycles. The minimum atomic E-state index is 0.616. The van der Waals surface area contributed by atoms with E-state index in [9.17, 15) is 0 Å². The molecule has 140 valence electrons. The standard InChI is InChI=1S/C22H27N5/c1-3-19(15-21(4-1)27-11-2-9-24-27)16-25-12-7-20(8-13-25)22-23-10-14-26(22)17-18-5-6-18/h1-4,9-11,14-15,18,20H,5-8,12-13,16-17H2. The molecular formula is C22H27N5. The zero-order valence-corrected chi connectivity index (χ0v) is 15.7. The van der Waals surface area contributed by atoms with E-state index in [4.69, 9.17) is 4.98 Å². The first-order chi connectivity index (χ1) is 13.3. The molecular weight excluding hydrogens is 334 g/mol. The van der Waals surface area contributed by atoms with Crippen molar-refractivity contribution in [1.82, 2.24) is 24.2 Å². The summed E-state index contributed by atoms with van der Waals surface area (Å²) in [7, 11) is 0. The first-order valence-electron chi connectivity index (χ1n) is 10.2. The Kier molecular flexibility index (Phi) is 4.54. The molecule has 0 unspecified atom stereocenters. The van der Waals surface area contributed by atoms with E-state index in [1.54, 1.807) is 0 Å². The third kappa shape index (κ3) is 3.83. The van der Waals surface area contributed by atoms with Crippen LogP contribution >= 0.6 is 0 Å². The molecule has 5 rings (SSSR count). The summed E-state index contributed by atoms with van der Waals surface area (Å²) in [6, 6.07) is 10.7. The van der Waals surface area contributed by atoms with Gasteiger partial charge in [-0.2, -0.15) is 5.10 Å². The second-order valence-electron chi connectivity index (χ2n) is 8.05. The zero-order valence-electron chi connectivity index (χ0n) is 15.7. The Hall–Kier alpha value is -2.40. The molecule has 3 heterocycles. The van der Waals surface area contributed by atoms with E-state index in [1.165, 1.54) is 43.6 Å². The number of benzene rings is 1. The lowest BCUT2D eigenvalue weighted by Crippen LogP contribution is -2.33. The topological polar surface area (TPSA) is 38.9 Å². The van der Waals surface area contributed by atoms with Crippen molar-refractivity contribution in [3.8, 4) is 5.69 Å². The Balaban J connectivity index is 1.20. The highest BCUT2D eigenvalue weighted by Gasteiger charge is 2.27.